The third kappa shape index (κ3) is 3.93. The number of hydrogen-bond donors (Lipinski definition) is 2. The van der Waals surface area contributed by atoms with Gasteiger partial charge in [-0.1, -0.05) is 18.2 Å². The number of anilines is 1. The fourth-order valence-corrected chi connectivity index (χ4v) is 2.89. The van der Waals surface area contributed by atoms with Gasteiger partial charge in [-0.25, -0.2) is 10.1 Å². The lowest BCUT2D eigenvalue weighted by Gasteiger charge is -2.19. The highest BCUT2D eigenvalue weighted by atomic mass is 16.2. The summed E-state index contributed by atoms with van der Waals surface area (Å²) < 4.78 is 1.51. The van der Waals surface area contributed by atoms with E-state index in [2.05, 4.69) is 20.9 Å². The number of carbonyl (C=O) groups excluding carboxylic acids is 3. The van der Waals surface area contributed by atoms with Crippen LogP contribution < -0.4 is 10.7 Å². The molecule has 0 atom stereocenters. The molecule has 2 heterocycles. The summed E-state index contributed by atoms with van der Waals surface area (Å²) in [5.74, 6) is -0.663. The van der Waals surface area contributed by atoms with Crippen molar-refractivity contribution in [3.63, 3.8) is 0 Å². The molecule has 2 N–H and O–H groups in total. The third-order valence-electron chi connectivity index (χ3n) is 4.45. The summed E-state index contributed by atoms with van der Waals surface area (Å²) >= 11 is 0. The maximum absolute atomic E-state index is 12.9. The van der Waals surface area contributed by atoms with Gasteiger partial charge in [0.25, 0.3) is 11.8 Å². The fourth-order valence-electron chi connectivity index (χ4n) is 2.89. The van der Waals surface area contributed by atoms with Crippen LogP contribution in [-0.2, 0) is 9.59 Å². The van der Waals surface area contributed by atoms with Gasteiger partial charge in [-0.05, 0) is 26.0 Å². The predicted molar refractivity (Wildman–Crippen MR) is 104 cm³/mol. The van der Waals surface area contributed by atoms with E-state index in [1.165, 1.54) is 10.9 Å². The van der Waals surface area contributed by atoms with Crippen LogP contribution in [0.2, 0.25) is 0 Å². The van der Waals surface area contributed by atoms with E-state index < -0.39 is 5.91 Å². The molecule has 1 aliphatic rings. The second kappa shape index (κ2) is 8.47. The second-order valence-corrected chi connectivity index (χ2v) is 6.18. The van der Waals surface area contributed by atoms with Crippen molar-refractivity contribution in [3.8, 4) is 5.69 Å². The average molecular weight is 382 g/mol. The summed E-state index contributed by atoms with van der Waals surface area (Å²) in [4.78, 5) is 38.5. The van der Waals surface area contributed by atoms with Crippen LogP contribution in [0.1, 0.15) is 37.0 Å². The van der Waals surface area contributed by atoms with Crippen LogP contribution in [0.25, 0.3) is 5.69 Å². The largest absolute Gasteiger partial charge is 0.339 e. The average Bonchev–Trinajstić information content (AvgIpc) is 3.13. The number of nitrogens with one attached hydrogen (secondary N) is 2. The third-order valence-corrected chi connectivity index (χ3v) is 4.45. The Kier molecular flexibility index (Phi) is 5.83. The monoisotopic (exact) mass is 382 g/mol. The van der Waals surface area contributed by atoms with Gasteiger partial charge in [0.2, 0.25) is 5.91 Å². The number of hydrazone groups is 1. The van der Waals surface area contributed by atoms with Crippen LogP contribution in [0, 0.1) is 0 Å². The zero-order valence-electron chi connectivity index (χ0n) is 15.8. The van der Waals surface area contributed by atoms with E-state index in [1.54, 1.807) is 4.90 Å². The molecule has 0 saturated heterocycles. The Labute approximate surface area is 162 Å². The van der Waals surface area contributed by atoms with Crippen molar-refractivity contribution >= 4 is 29.3 Å². The Morgan fingerprint density at radius 1 is 1.18 bits per heavy atom. The van der Waals surface area contributed by atoms with Gasteiger partial charge in [0.15, 0.2) is 0 Å². The maximum Gasteiger partial charge on any atom is 0.273 e. The zero-order valence-corrected chi connectivity index (χ0v) is 15.8. The van der Waals surface area contributed by atoms with Gasteiger partial charge in [0.1, 0.15) is 17.1 Å². The van der Waals surface area contributed by atoms with E-state index in [-0.39, 0.29) is 36.2 Å². The Bertz CT molecular complexity index is 915. The Morgan fingerprint density at radius 3 is 2.50 bits per heavy atom. The molecule has 3 amide bonds. The summed E-state index contributed by atoms with van der Waals surface area (Å²) in [5, 5.41) is 10.9. The van der Waals surface area contributed by atoms with Crippen molar-refractivity contribution in [1.29, 1.82) is 0 Å². The van der Waals surface area contributed by atoms with Gasteiger partial charge in [0.05, 0.1) is 11.9 Å². The predicted octanol–water partition coefficient (Wildman–Crippen LogP) is 1.56. The number of carbonyl (C=O) groups is 3. The van der Waals surface area contributed by atoms with Crippen LogP contribution >= 0.6 is 0 Å². The summed E-state index contributed by atoms with van der Waals surface area (Å²) in [6.07, 6.45) is 1.87. The molecule has 0 unspecified atom stereocenters. The molecule has 0 aliphatic carbocycles. The normalized spacial score (nSPS) is 13.5. The lowest BCUT2D eigenvalue weighted by molar-refractivity contribution is -0.121. The van der Waals surface area contributed by atoms with Crippen molar-refractivity contribution in [2.75, 3.05) is 18.4 Å². The number of amides is 3. The number of benzene rings is 1. The molecule has 28 heavy (non-hydrogen) atoms. The maximum atomic E-state index is 12.9. The van der Waals surface area contributed by atoms with Crippen LogP contribution in [0.4, 0.5) is 5.82 Å². The van der Waals surface area contributed by atoms with E-state index in [9.17, 15) is 14.4 Å². The molecule has 0 spiro atoms. The summed E-state index contributed by atoms with van der Waals surface area (Å²) in [6.45, 7) is 4.86. The molecule has 0 radical (unpaired) electrons. The molecule has 0 saturated carbocycles. The van der Waals surface area contributed by atoms with Gasteiger partial charge in [-0.3, -0.25) is 14.4 Å². The van der Waals surface area contributed by atoms with Crippen molar-refractivity contribution in [3.05, 3.63) is 42.1 Å². The number of aromatic nitrogens is 2. The first-order valence-electron chi connectivity index (χ1n) is 9.14. The second-order valence-electron chi connectivity index (χ2n) is 6.18. The standard InChI is InChI=1S/C19H22N6O3/c1-3-24(4-2)19(28)14-12-20-25(13-8-6-5-7-9-13)17(14)21-18(27)15-10-11-16(26)23-22-15/h5-9,12H,3-4,10-11H2,1-2H3,(H,21,27)(H,23,26). The zero-order chi connectivity index (χ0) is 20.1. The highest BCUT2D eigenvalue weighted by Crippen LogP contribution is 2.22. The molecule has 1 aromatic heterocycles. The lowest BCUT2D eigenvalue weighted by atomic mass is 10.1. The van der Waals surface area contributed by atoms with E-state index in [1.807, 2.05) is 44.2 Å². The molecule has 1 aliphatic heterocycles. The van der Waals surface area contributed by atoms with Crippen LogP contribution in [0.3, 0.4) is 0 Å². The highest BCUT2D eigenvalue weighted by Gasteiger charge is 2.26. The SMILES string of the molecule is CCN(CC)C(=O)c1cnn(-c2ccccc2)c1NC(=O)C1=NNC(=O)CC1. The van der Waals surface area contributed by atoms with Crippen LogP contribution in [0.5, 0.6) is 0 Å². The van der Waals surface area contributed by atoms with Crippen molar-refractivity contribution in [1.82, 2.24) is 20.1 Å². The first-order valence-corrected chi connectivity index (χ1v) is 9.14. The van der Waals surface area contributed by atoms with E-state index in [4.69, 9.17) is 0 Å². The molecule has 9 heteroatoms. The molecule has 0 fully saturated rings. The summed E-state index contributed by atoms with van der Waals surface area (Å²) in [7, 11) is 0. The lowest BCUT2D eigenvalue weighted by Crippen LogP contribution is -2.34. The van der Waals surface area contributed by atoms with Gasteiger partial charge < -0.3 is 10.2 Å². The number of nitrogens with zero attached hydrogens (tertiary/aromatic N) is 4. The molecule has 2 aromatic rings. The number of hydrogen-bond acceptors (Lipinski definition) is 5. The molecular formula is C19H22N6O3. The van der Waals surface area contributed by atoms with E-state index >= 15 is 0 Å². The molecule has 9 nitrogen and oxygen atoms in total. The topological polar surface area (TPSA) is 109 Å². The van der Waals surface area contributed by atoms with Crippen molar-refractivity contribution in [2.24, 2.45) is 5.10 Å². The highest BCUT2D eigenvalue weighted by molar-refractivity contribution is 6.43. The Balaban J connectivity index is 1.98. The van der Waals surface area contributed by atoms with E-state index in [0.29, 0.717) is 24.3 Å². The summed E-state index contributed by atoms with van der Waals surface area (Å²) in [5.41, 5.74) is 3.50. The van der Waals surface area contributed by atoms with Crippen molar-refractivity contribution in [2.45, 2.75) is 26.7 Å². The first kappa shape index (κ1) is 19.3. The number of para-hydroxylation sites is 1. The quantitative estimate of drug-likeness (QED) is 0.790. The molecule has 146 valence electrons. The number of rotatable bonds is 6. The summed E-state index contributed by atoms with van der Waals surface area (Å²) in [6, 6.07) is 9.20. The van der Waals surface area contributed by atoms with Crippen molar-refractivity contribution < 1.29 is 14.4 Å². The molecule has 3 rings (SSSR count). The van der Waals surface area contributed by atoms with Gasteiger partial charge >= 0.3 is 0 Å². The van der Waals surface area contributed by atoms with Gasteiger partial charge in [-0.2, -0.15) is 10.2 Å². The van der Waals surface area contributed by atoms with E-state index in [0.717, 1.165) is 0 Å². The Morgan fingerprint density at radius 2 is 1.89 bits per heavy atom. The molecular weight excluding hydrogens is 360 g/mol. The first-order chi connectivity index (χ1) is 13.5. The van der Waals surface area contributed by atoms with Gasteiger partial charge in [0, 0.05) is 25.9 Å². The minimum Gasteiger partial charge on any atom is -0.339 e. The minimum atomic E-state index is -0.480. The van der Waals surface area contributed by atoms with Gasteiger partial charge in [-0.15, -0.1) is 0 Å². The molecule has 0 bridgehead atoms. The van der Waals surface area contributed by atoms with Crippen LogP contribution in [0.15, 0.2) is 41.6 Å². The smallest absolute Gasteiger partial charge is 0.273 e. The Hall–Kier alpha value is -3.49. The molecule has 1 aromatic carbocycles. The van der Waals surface area contributed by atoms with Crippen LogP contribution in [-0.4, -0.2) is 51.2 Å². The minimum absolute atomic E-state index is 0.190. The fraction of sp³-hybridized carbons (Fsp3) is 0.316.